The predicted molar refractivity (Wildman–Crippen MR) is 218 cm³/mol. The summed E-state index contributed by atoms with van der Waals surface area (Å²) in [5, 5.41) is 7.32. The summed E-state index contributed by atoms with van der Waals surface area (Å²) in [6, 6.07) is 0. The fraction of sp³-hybridized carbons (Fsp3) is 1.00. The predicted octanol–water partition coefficient (Wildman–Crippen LogP) is 10.5. The van der Waals surface area contributed by atoms with Crippen molar-refractivity contribution >= 4 is 216 Å². The molecule has 18 heteroatoms. The molecule has 0 amide bonds. The Labute approximate surface area is 293 Å². The summed E-state index contributed by atoms with van der Waals surface area (Å²) in [5.41, 5.74) is 0. The van der Waals surface area contributed by atoms with Gasteiger partial charge in [0.25, 0.3) is 0 Å². The second kappa shape index (κ2) is 30.7. The molecule has 0 radical (unpaired) electrons. The van der Waals surface area contributed by atoms with Crippen molar-refractivity contribution in [2.75, 3.05) is 46.4 Å². The zero-order chi connectivity index (χ0) is 25.4. The van der Waals surface area contributed by atoms with E-state index >= 15 is 0 Å². The van der Waals surface area contributed by atoms with Gasteiger partial charge in [-0.1, -0.05) is 10.8 Å². The van der Waals surface area contributed by atoms with Gasteiger partial charge in [0, 0.05) is 46.4 Å². The monoisotopic (exact) mass is 802 g/mol. The molecule has 0 saturated carbocycles. The number of hydrogen-bond donors (Lipinski definition) is 7. The number of hydrogen-bond acceptors (Lipinski definition) is 18. The highest BCUT2D eigenvalue weighted by molar-refractivity contribution is 8.68. The quantitative estimate of drug-likeness (QED) is 0.0254. The van der Waals surface area contributed by atoms with Crippen LogP contribution in [0.1, 0.15) is 12.8 Å². The van der Waals surface area contributed by atoms with Gasteiger partial charge in [0.05, 0.1) is 22.9 Å². The molecule has 0 nitrogen and oxygen atoms in total. The van der Waals surface area contributed by atoms with Crippen LogP contribution in [0.5, 0.6) is 0 Å². The van der Waals surface area contributed by atoms with Crippen molar-refractivity contribution in [2.45, 2.75) is 35.8 Å². The first-order valence-corrected chi connectivity index (χ1v) is 26.0. The average molecular weight is 804 g/mol. The molecule has 0 saturated heterocycles. The molecule has 0 aliphatic rings. The number of rotatable bonds is 26. The van der Waals surface area contributed by atoms with Crippen molar-refractivity contribution in [1.29, 1.82) is 0 Å². The smallest absolute Gasteiger partial charge is 0.0617 e. The van der Waals surface area contributed by atoms with Crippen LogP contribution >= 0.6 is 216 Å². The van der Waals surface area contributed by atoms with E-state index < -0.39 is 0 Å². The maximum absolute atomic E-state index is 4.48. The van der Waals surface area contributed by atoms with Gasteiger partial charge in [-0.15, -0.1) is 129 Å². The summed E-state index contributed by atoms with van der Waals surface area (Å²) in [7, 11) is 1.65. The second-order valence-electron chi connectivity index (χ2n) is 5.59. The number of thioether (sulfide) groups is 10. The van der Waals surface area contributed by atoms with Crippen LogP contribution in [0, 0.1) is 0 Å². The highest BCUT2D eigenvalue weighted by Gasteiger charge is 2.21. The van der Waals surface area contributed by atoms with Crippen LogP contribution < -0.4 is 0 Å². The summed E-state index contributed by atoms with van der Waals surface area (Å²) >= 11 is 50.8. The van der Waals surface area contributed by atoms with Crippen LogP contribution in [-0.4, -0.2) is 69.3 Å². The Bertz CT molecular complexity index is 373. The lowest BCUT2D eigenvalue weighted by Gasteiger charge is -2.23. The maximum atomic E-state index is 4.48. The molecule has 0 aliphatic heterocycles. The molecule has 0 spiro atoms. The van der Waals surface area contributed by atoms with E-state index in [1.54, 1.807) is 10.8 Å². The van der Waals surface area contributed by atoms with Gasteiger partial charge in [-0.3, -0.25) is 0 Å². The third-order valence-electron chi connectivity index (χ3n) is 3.56. The summed E-state index contributed by atoms with van der Waals surface area (Å²) in [4.78, 5) is 0. The van der Waals surface area contributed by atoms with Crippen molar-refractivity contribution in [3.8, 4) is 0 Å². The molecule has 0 aromatic carbocycles. The van der Waals surface area contributed by atoms with Crippen LogP contribution in [0.25, 0.3) is 0 Å². The minimum absolute atomic E-state index is 0.547. The lowest BCUT2D eigenvalue weighted by Crippen LogP contribution is -2.10. The molecule has 2 unspecified atom stereocenters. The molecule has 0 bridgehead atoms. The van der Waals surface area contributed by atoms with Crippen molar-refractivity contribution in [1.82, 2.24) is 0 Å². The average Bonchev–Trinajstić information content (AvgIpc) is 2.80. The molecular weight excluding hydrogens is 769 g/mol. The molecule has 0 heterocycles. The largest absolute Gasteiger partial charge is 0.168 e. The van der Waals surface area contributed by atoms with Crippen LogP contribution in [0.2, 0.25) is 0 Å². The minimum atomic E-state index is 0.547. The number of thiol groups is 7. The Kier molecular flexibility index (Phi) is 36.4. The highest BCUT2D eigenvalue weighted by atomic mass is 33.1. The van der Waals surface area contributed by atoms with E-state index in [0.717, 1.165) is 59.3 Å². The van der Waals surface area contributed by atoms with Crippen LogP contribution in [-0.2, 0) is 0 Å². The topological polar surface area (TPSA) is 0 Å². The van der Waals surface area contributed by atoms with Gasteiger partial charge in [-0.25, -0.2) is 0 Å². The summed E-state index contributed by atoms with van der Waals surface area (Å²) < 4.78 is 2.76. The van der Waals surface area contributed by atoms with Crippen molar-refractivity contribution in [3.63, 3.8) is 0 Å². The lowest BCUT2D eigenvalue weighted by atomic mass is 10.5. The van der Waals surface area contributed by atoms with Gasteiger partial charge >= 0.3 is 0 Å². The molecule has 0 aromatic rings. The molecule has 0 rings (SSSR count). The van der Waals surface area contributed by atoms with E-state index in [-0.39, 0.29) is 0 Å². The first kappa shape index (κ1) is 40.3. The van der Waals surface area contributed by atoms with E-state index in [0.29, 0.717) is 22.9 Å². The third-order valence-corrected chi connectivity index (χ3v) is 20.3. The Morgan fingerprint density at radius 2 is 0.647 bits per heavy atom. The normalized spacial score (nSPS) is 14.7. The van der Waals surface area contributed by atoms with Gasteiger partial charge in [-0.05, 0) is 12.8 Å². The van der Waals surface area contributed by atoms with E-state index in [9.17, 15) is 0 Å². The standard InChI is InChI=1S/C16H34S18/c17-4-24-12(25-5-18)1-14(28-8-21)30-10-32-16(3-34-23)33-11-31-15(29-9-22)2-13(26-6-19)27-7-20/h12-23H,1-11H2. The molecule has 34 heavy (non-hydrogen) atoms. The van der Waals surface area contributed by atoms with Gasteiger partial charge in [-0.2, -0.15) is 75.8 Å². The Balaban J connectivity index is 4.59. The molecule has 0 fully saturated rings. The molecule has 0 aliphatic carbocycles. The summed E-state index contributed by atoms with van der Waals surface area (Å²) in [6.45, 7) is 0. The molecule has 0 aromatic heterocycles. The molecular formula is C16H34S18. The first-order chi connectivity index (χ1) is 16.6. The van der Waals surface area contributed by atoms with Crippen LogP contribution in [0.15, 0.2) is 0 Å². The Morgan fingerprint density at radius 3 is 0.912 bits per heavy atom. The van der Waals surface area contributed by atoms with Crippen LogP contribution in [0.3, 0.4) is 0 Å². The zero-order valence-corrected chi connectivity index (χ0v) is 33.5. The van der Waals surface area contributed by atoms with Crippen molar-refractivity contribution in [3.05, 3.63) is 0 Å². The van der Waals surface area contributed by atoms with Gasteiger partial charge < -0.3 is 0 Å². The summed E-state index contributed by atoms with van der Waals surface area (Å²) in [5.74, 6) is 1.05. The van der Waals surface area contributed by atoms with E-state index in [1.807, 2.05) is 70.6 Å². The molecule has 2 atom stereocenters. The second-order valence-corrected chi connectivity index (χ2v) is 25.6. The maximum Gasteiger partial charge on any atom is 0.0617 e. The molecule has 0 N–H and O–H groups in total. The van der Waals surface area contributed by atoms with Crippen molar-refractivity contribution < 1.29 is 0 Å². The van der Waals surface area contributed by atoms with Gasteiger partial charge in [0.15, 0.2) is 0 Å². The van der Waals surface area contributed by atoms with E-state index in [1.165, 1.54) is 0 Å². The lowest BCUT2D eigenvalue weighted by molar-refractivity contribution is 1.03. The Morgan fingerprint density at radius 1 is 0.382 bits per heavy atom. The van der Waals surface area contributed by atoms with Crippen LogP contribution in [0.4, 0.5) is 0 Å². The minimum Gasteiger partial charge on any atom is -0.168 e. The Hall–Kier alpha value is 6.30. The zero-order valence-electron chi connectivity index (χ0n) is 18.3. The molecule has 206 valence electrons. The van der Waals surface area contributed by atoms with E-state index in [2.05, 4.69) is 134 Å². The SMILES string of the molecule is SCSC(CC(SCS)SCSC(CSS)SCSC(CC(SCS)SCS)SCS)SCS. The van der Waals surface area contributed by atoms with Gasteiger partial charge in [0.1, 0.15) is 0 Å². The fourth-order valence-corrected chi connectivity index (χ4v) is 22.4. The summed E-state index contributed by atoms with van der Waals surface area (Å²) in [6.07, 6.45) is 2.31. The first-order valence-electron chi connectivity index (χ1n) is 9.65. The fourth-order valence-electron chi connectivity index (χ4n) is 2.14. The van der Waals surface area contributed by atoms with E-state index in [4.69, 9.17) is 0 Å². The highest BCUT2D eigenvalue weighted by Crippen LogP contribution is 2.42. The van der Waals surface area contributed by atoms with Gasteiger partial charge in [0.2, 0.25) is 0 Å². The van der Waals surface area contributed by atoms with Crippen molar-refractivity contribution in [2.24, 2.45) is 0 Å². The third kappa shape index (κ3) is 23.8.